The number of hydrogen-bond acceptors (Lipinski definition) is 2. The predicted molar refractivity (Wildman–Crippen MR) is 75.0 cm³/mol. The third-order valence-corrected chi connectivity index (χ3v) is 2.97. The lowest BCUT2D eigenvalue weighted by molar-refractivity contribution is 0.102. The second-order valence-electron chi connectivity index (χ2n) is 4.16. The van der Waals surface area contributed by atoms with Gasteiger partial charge in [0.2, 0.25) is 0 Å². The number of benzene rings is 2. The van der Waals surface area contributed by atoms with Gasteiger partial charge in [0.05, 0.1) is 5.02 Å². The number of nitrogens with two attached hydrogens (primary N) is 1. The van der Waals surface area contributed by atoms with E-state index in [1.807, 2.05) is 6.92 Å². The molecule has 0 spiro atoms. The molecule has 2 aromatic rings. The molecular formula is C14H12ClFN2O. The van der Waals surface area contributed by atoms with Gasteiger partial charge in [-0.3, -0.25) is 4.79 Å². The Bertz CT molecular complexity index is 643. The highest BCUT2D eigenvalue weighted by Crippen LogP contribution is 2.20. The number of rotatable bonds is 2. The van der Waals surface area contributed by atoms with Crippen molar-refractivity contribution in [3.05, 3.63) is 58.4 Å². The summed E-state index contributed by atoms with van der Waals surface area (Å²) in [5, 5.41) is 2.64. The molecule has 98 valence electrons. The molecule has 0 saturated carbocycles. The van der Waals surface area contributed by atoms with Gasteiger partial charge in [-0.1, -0.05) is 11.6 Å². The van der Waals surface area contributed by atoms with Crippen LogP contribution >= 0.6 is 11.6 Å². The minimum absolute atomic E-state index is 0.0818. The lowest BCUT2D eigenvalue weighted by atomic mass is 10.1. The average molecular weight is 279 g/mol. The highest BCUT2D eigenvalue weighted by atomic mass is 35.5. The van der Waals surface area contributed by atoms with Crippen LogP contribution in [-0.2, 0) is 0 Å². The van der Waals surface area contributed by atoms with Crippen LogP contribution in [0.3, 0.4) is 0 Å². The summed E-state index contributed by atoms with van der Waals surface area (Å²) >= 11 is 5.64. The zero-order valence-electron chi connectivity index (χ0n) is 10.2. The average Bonchev–Trinajstić information content (AvgIpc) is 2.36. The molecule has 0 heterocycles. The van der Waals surface area contributed by atoms with Crippen molar-refractivity contribution in [3.8, 4) is 0 Å². The molecule has 3 N–H and O–H groups in total. The SMILES string of the molecule is Cc1cc(N)ccc1NC(=O)c1ccc(F)c(Cl)c1. The number of hydrogen-bond donors (Lipinski definition) is 2. The van der Waals surface area contributed by atoms with Crippen molar-refractivity contribution in [2.24, 2.45) is 0 Å². The van der Waals surface area contributed by atoms with Gasteiger partial charge in [0.1, 0.15) is 5.82 Å². The molecule has 1 amide bonds. The van der Waals surface area contributed by atoms with E-state index in [0.29, 0.717) is 16.9 Å². The van der Waals surface area contributed by atoms with E-state index in [9.17, 15) is 9.18 Å². The minimum Gasteiger partial charge on any atom is -0.399 e. The number of carbonyl (C=O) groups is 1. The molecule has 0 saturated heterocycles. The molecule has 0 fully saturated rings. The molecule has 0 atom stereocenters. The quantitative estimate of drug-likeness (QED) is 0.824. The van der Waals surface area contributed by atoms with Crippen molar-refractivity contribution in [1.29, 1.82) is 0 Å². The molecule has 0 radical (unpaired) electrons. The molecule has 5 heteroatoms. The molecule has 3 nitrogen and oxygen atoms in total. The van der Waals surface area contributed by atoms with Crippen LogP contribution in [0.15, 0.2) is 36.4 Å². The number of carbonyl (C=O) groups excluding carboxylic acids is 1. The van der Waals surface area contributed by atoms with Crippen molar-refractivity contribution in [3.63, 3.8) is 0 Å². The maximum Gasteiger partial charge on any atom is 0.255 e. The Morgan fingerprint density at radius 2 is 2.00 bits per heavy atom. The Balaban J connectivity index is 2.23. The van der Waals surface area contributed by atoms with E-state index in [0.717, 1.165) is 11.6 Å². The van der Waals surface area contributed by atoms with Gasteiger partial charge in [-0.25, -0.2) is 4.39 Å². The number of anilines is 2. The number of amides is 1. The molecule has 0 unspecified atom stereocenters. The zero-order valence-corrected chi connectivity index (χ0v) is 11.0. The molecule has 0 aliphatic carbocycles. The number of aryl methyl sites for hydroxylation is 1. The van der Waals surface area contributed by atoms with Gasteiger partial charge in [0.15, 0.2) is 0 Å². The van der Waals surface area contributed by atoms with E-state index < -0.39 is 5.82 Å². The predicted octanol–water partition coefficient (Wildman–Crippen LogP) is 3.62. The zero-order chi connectivity index (χ0) is 14.0. The van der Waals surface area contributed by atoms with Crippen LogP contribution in [0.5, 0.6) is 0 Å². The van der Waals surface area contributed by atoms with Crippen LogP contribution in [-0.4, -0.2) is 5.91 Å². The minimum atomic E-state index is -0.554. The van der Waals surface area contributed by atoms with E-state index in [1.54, 1.807) is 18.2 Å². The van der Waals surface area contributed by atoms with Gasteiger partial charge in [-0.05, 0) is 48.9 Å². The van der Waals surface area contributed by atoms with Crippen LogP contribution < -0.4 is 11.1 Å². The van der Waals surface area contributed by atoms with Gasteiger partial charge in [-0.2, -0.15) is 0 Å². The van der Waals surface area contributed by atoms with Crippen molar-refractivity contribution >= 4 is 28.9 Å². The van der Waals surface area contributed by atoms with Crippen LogP contribution in [0.2, 0.25) is 5.02 Å². The summed E-state index contributed by atoms with van der Waals surface area (Å²) in [4.78, 5) is 12.0. The summed E-state index contributed by atoms with van der Waals surface area (Å²) in [6.07, 6.45) is 0. The highest BCUT2D eigenvalue weighted by Gasteiger charge is 2.10. The van der Waals surface area contributed by atoms with Crippen LogP contribution in [0.1, 0.15) is 15.9 Å². The monoisotopic (exact) mass is 278 g/mol. The van der Waals surface area contributed by atoms with Crippen molar-refractivity contribution in [2.75, 3.05) is 11.1 Å². The van der Waals surface area contributed by atoms with Gasteiger partial charge in [-0.15, -0.1) is 0 Å². The maximum atomic E-state index is 13.0. The first-order valence-corrected chi connectivity index (χ1v) is 5.97. The fourth-order valence-corrected chi connectivity index (χ4v) is 1.84. The van der Waals surface area contributed by atoms with E-state index >= 15 is 0 Å². The van der Waals surface area contributed by atoms with E-state index in [4.69, 9.17) is 17.3 Å². The molecule has 19 heavy (non-hydrogen) atoms. The topological polar surface area (TPSA) is 55.1 Å². The van der Waals surface area contributed by atoms with E-state index in [2.05, 4.69) is 5.32 Å². The highest BCUT2D eigenvalue weighted by molar-refractivity contribution is 6.31. The van der Waals surface area contributed by atoms with Gasteiger partial charge in [0, 0.05) is 16.9 Å². The summed E-state index contributed by atoms with van der Waals surface area (Å²) in [6, 6.07) is 9.00. The number of nitrogens with one attached hydrogen (secondary N) is 1. The summed E-state index contributed by atoms with van der Waals surface area (Å²) in [5.41, 5.74) is 8.05. The van der Waals surface area contributed by atoms with Crippen LogP contribution in [0, 0.1) is 12.7 Å². The molecule has 0 aliphatic rings. The first-order valence-electron chi connectivity index (χ1n) is 5.60. The largest absolute Gasteiger partial charge is 0.399 e. The van der Waals surface area contributed by atoms with Crippen molar-refractivity contribution in [2.45, 2.75) is 6.92 Å². The summed E-state index contributed by atoms with van der Waals surface area (Å²) < 4.78 is 13.0. The molecule has 0 bridgehead atoms. The lowest BCUT2D eigenvalue weighted by Crippen LogP contribution is -2.13. The van der Waals surface area contributed by atoms with Crippen molar-refractivity contribution in [1.82, 2.24) is 0 Å². The number of halogens is 2. The Hall–Kier alpha value is -2.07. The van der Waals surface area contributed by atoms with Crippen LogP contribution in [0.25, 0.3) is 0 Å². The van der Waals surface area contributed by atoms with Crippen LogP contribution in [0.4, 0.5) is 15.8 Å². The van der Waals surface area contributed by atoms with Crippen molar-refractivity contribution < 1.29 is 9.18 Å². The Labute approximate surface area is 115 Å². The fraction of sp³-hybridized carbons (Fsp3) is 0.0714. The maximum absolute atomic E-state index is 13.0. The smallest absolute Gasteiger partial charge is 0.255 e. The molecular weight excluding hydrogens is 267 g/mol. The second-order valence-corrected chi connectivity index (χ2v) is 4.56. The van der Waals surface area contributed by atoms with Gasteiger partial charge >= 0.3 is 0 Å². The third-order valence-electron chi connectivity index (χ3n) is 2.68. The fourth-order valence-electron chi connectivity index (χ4n) is 1.66. The first-order chi connectivity index (χ1) is 8.97. The third kappa shape index (κ3) is 3.03. The molecule has 2 rings (SSSR count). The summed E-state index contributed by atoms with van der Waals surface area (Å²) in [5.74, 6) is -0.906. The lowest BCUT2D eigenvalue weighted by Gasteiger charge is -2.09. The normalized spacial score (nSPS) is 10.3. The Morgan fingerprint density at radius 1 is 1.26 bits per heavy atom. The first kappa shape index (κ1) is 13.4. The summed E-state index contributed by atoms with van der Waals surface area (Å²) in [6.45, 7) is 1.84. The van der Waals surface area contributed by atoms with Gasteiger partial charge < -0.3 is 11.1 Å². The molecule has 0 aliphatic heterocycles. The van der Waals surface area contributed by atoms with E-state index in [1.165, 1.54) is 12.1 Å². The van der Waals surface area contributed by atoms with Gasteiger partial charge in [0.25, 0.3) is 5.91 Å². The molecule has 2 aromatic carbocycles. The van der Waals surface area contributed by atoms with E-state index in [-0.39, 0.29) is 10.9 Å². The summed E-state index contributed by atoms with van der Waals surface area (Å²) in [7, 11) is 0. The second kappa shape index (κ2) is 5.28. The molecule has 0 aromatic heterocycles. The standard InChI is InChI=1S/C14H12ClFN2O/c1-8-6-10(17)3-5-13(8)18-14(19)9-2-4-12(16)11(15)7-9/h2-7H,17H2,1H3,(H,18,19). The number of nitrogen functional groups attached to an aromatic ring is 1. The Kier molecular flexibility index (Phi) is 3.71. The Morgan fingerprint density at radius 3 is 2.63 bits per heavy atom.